The van der Waals surface area contributed by atoms with Gasteiger partial charge in [0.05, 0.1) is 5.54 Å². The second-order valence-electron chi connectivity index (χ2n) is 20.9. The molecule has 0 spiro atoms. The van der Waals surface area contributed by atoms with Crippen molar-refractivity contribution >= 4 is 47.4 Å². The van der Waals surface area contributed by atoms with E-state index in [1.54, 1.807) is 0 Å². The molecule has 3 saturated heterocycles. The van der Waals surface area contributed by atoms with Gasteiger partial charge < -0.3 is 42.2 Å². The van der Waals surface area contributed by atoms with Crippen molar-refractivity contribution in [2.45, 2.75) is 118 Å². The van der Waals surface area contributed by atoms with E-state index in [1.807, 2.05) is 134 Å². The summed E-state index contributed by atoms with van der Waals surface area (Å²) in [5, 5.41) is 0. The van der Waals surface area contributed by atoms with Gasteiger partial charge in [0.1, 0.15) is 5.82 Å². The molecule has 4 heterocycles. The number of nitrogens with two attached hydrogens (primary N) is 4. The summed E-state index contributed by atoms with van der Waals surface area (Å²) < 4.78 is 10.6. The Balaban J connectivity index is 1.23. The van der Waals surface area contributed by atoms with Gasteiger partial charge >= 0.3 is 24.1 Å². The lowest BCUT2D eigenvalue weighted by atomic mass is 9.58. The number of fused-ring (bicyclic) bond motifs is 6. The molecule has 3 fully saturated rings. The summed E-state index contributed by atoms with van der Waals surface area (Å²) in [6, 6.07) is 25.7. The number of benzene rings is 3. The fourth-order valence-corrected chi connectivity index (χ4v) is 14.0. The zero-order valence-electron chi connectivity index (χ0n) is 40.6. The van der Waals surface area contributed by atoms with Crippen LogP contribution in [0.1, 0.15) is 82.1 Å². The van der Waals surface area contributed by atoms with Gasteiger partial charge in [-0.3, -0.25) is 19.4 Å². The highest BCUT2D eigenvalue weighted by atomic mass is 16.6. The standard InChI is InChI=1S/C53H63N9O8/c1-31-27-40(39-9-7-25-60(39)52(43(54)63,45(65)69-47(56)67)49(2)28-32-11-18-36(49)19-12-32)62(38-22-15-34(16-23-38)35-17-24-42(58-30-35)59(5)6)51(31,4)41-10-8-26-61(41)53(44(55)64,46(66)70-48(57)68)50(3)29-33-13-20-37(50)21-14-33/h11-24,30-31,39-41H,7-10,25-29H2,1-6H3,(H2,54,63)(H2,55,64)(H2,56,67)(H2,57,68)/t31?,39?,40?,41?,49?,50?,51-,52+,53+/m1/s1. The highest BCUT2D eigenvalue weighted by Crippen LogP contribution is 2.57. The normalized spacial score (nSPS) is 28.7. The van der Waals surface area contributed by atoms with Gasteiger partial charge in [0, 0.05) is 73.6 Å². The van der Waals surface area contributed by atoms with Gasteiger partial charge in [-0.05, 0) is 110 Å². The minimum atomic E-state index is -2.22. The minimum Gasteiger partial charge on any atom is -0.375 e. The summed E-state index contributed by atoms with van der Waals surface area (Å²) in [7, 11) is 3.86. The summed E-state index contributed by atoms with van der Waals surface area (Å²) in [6.07, 6.45) is 2.30. The predicted molar refractivity (Wildman–Crippen MR) is 262 cm³/mol. The zero-order valence-corrected chi connectivity index (χ0v) is 40.6. The molecule has 3 aromatic carbocycles. The number of primary amides is 4. The van der Waals surface area contributed by atoms with Crippen LogP contribution in [-0.4, -0.2) is 113 Å². The van der Waals surface area contributed by atoms with E-state index in [0.717, 1.165) is 33.8 Å². The van der Waals surface area contributed by atoms with Gasteiger partial charge in [-0.25, -0.2) is 24.2 Å². The van der Waals surface area contributed by atoms with E-state index in [1.165, 1.54) is 0 Å². The quantitative estimate of drug-likeness (QED) is 0.107. The van der Waals surface area contributed by atoms with Crippen molar-refractivity contribution in [3.8, 4) is 11.1 Å². The molecule has 8 N–H and O–H groups in total. The van der Waals surface area contributed by atoms with E-state index in [-0.39, 0.29) is 31.8 Å². The third kappa shape index (κ3) is 6.89. The lowest BCUT2D eigenvalue weighted by Gasteiger charge is -2.58. The maximum atomic E-state index is 15.0. The summed E-state index contributed by atoms with van der Waals surface area (Å²) in [5.74, 6) is -3.62. The number of anilines is 2. The largest absolute Gasteiger partial charge is 0.412 e. The molecular formula is C53H63N9O8. The topological polar surface area (TPSA) is 251 Å². The third-order valence-electron chi connectivity index (χ3n) is 17.2. The SMILES string of the molecule is CC1CC(C2CCCN2[C@@](C(N)=O)(C(=O)OC(N)=O)C2(C)Cc3ccc2cc3)N(c2ccc(-c3ccc(N(C)C)nc3)cc2)[C@@]1(C)C1CCCN1[C@@](C(N)=O)(C(=O)OC(N)=O)C1(C)Cc2ccc1cc2. The van der Waals surface area contributed by atoms with Gasteiger partial charge in [-0.15, -0.1) is 0 Å². The first-order valence-corrected chi connectivity index (χ1v) is 24.0. The predicted octanol–water partition coefficient (Wildman–Crippen LogP) is 4.44. The molecule has 4 aliphatic carbocycles. The Labute approximate surface area is 407 Å². The lowest BCUT2D eigenvalue weighted by molar-refractivity contribution is -0.167. The van der Waals surface area contributed by atoms with Crippen LogP contribution in [-0.2, 0) is 52.3 Å². The van der Waals surface area contributed by atoms with E-state index in [0.29, 0.717) is 43.2 Å². The highest BCUT2D eigenvalue weighted by Gasteiger charge is 2.72. The number of likely N-dealkylation sites (tertiary alicyclic amines) is 2. The number of amides is 4. The van der Waals surface area contributed by atoms with Crippen molar-refractivity contribution in [1.29, 1.82) is 0 Å². The Bertz CT molecular complexity index is 2750. The third-order valence-corrected chi connectivity index (χ3v) is 17.2. The van der Waals surface area contributed by atoms with E-state index < -0.39 is 81.5 Å². The van der Waals surface area contributed by atoms with E-state index in [9.17, 15) is 28.8 Å². The molecule has 11 rings (SSSR count). The van der Waals surface area contributed by atoms with Crippen molar-refractivity contribution in [1.82, 2.24) is 14.8 Å². The van der Waals surface area contributed by atoms with Crippen LogP contribution in [0.2, 0.25) is 0 Å². The second-order valence-corrected chi connectivity index (χ2v) is 20.9. The Morgan fingerprint density at radius 3 is 1.57 bits per heavy atom. The summed E-state index contributed by atoms with van der Waals surface area (Å²) in [5.41, 5.74) is 22.1. The molecular weight excluding hydrogens is 891 g/mol. The molecule has 6 unspecified atom stereocenters. The summed E-state index contributed by atoms with van der Waals surface area (Å²) in [6.45, 7) is 8.41. The average molecular weight is 954 g/mol. The number of carbonyl (C=O) groups excluding carboxylic acids is 6. The zero-order chi connectivity index (χ0) is 50.3. The van der Waals surface area contributed by atoms with Gasteiger partial charge in [-0.1, -0.05) is 81.4 Å². The van der Waals surface area contributed by atoms with Crippen molar-refractivity contribution in [2.24, 2.45) is 28.9 Å². The first-order chi connectivity index (χ1) is 33.2. The minimum absolute atomic E-state index is 0.208. The smallest absolute Gasteiger partial charge is 0.375 e. The molecule has 17 nitrogen and oxygen atoms in total. The maximum Gasteiger partial charge on any atom is 0.412 e. The highest BCUT2D eigenvalue weighted by molar-refractivity contribution is 6.12. The molecule has 1 aromatic heterocycles. The first-order valence-electron chi connectivity index (χ1n) is 24.0. The van der Waals surface area contributed by atoms with Crippen LogP contribution in [0.5, 0.6) is 0 Å². The van der Waals surface area contributed by atoms with Crippen LogP contribution in [0.3, 0.4) is 0 Å². The van der Waals surface area contributed by atoms with Gasteiger partial charge in [0.2, 0.25) is 11.1 Å². The molecule has 70 heavy (non-hydrogen) atoms. The molecule has 4 aromatic rings. The number of hydrogen-bond donors (Lipinski definition) is 4. The van der Waals surface area contributed by atoms with Gasteiger partial charge in [-0.2, -0.15) is 0 Å². The monoisotopic (exact) mass is 953 g/mol. The molecule has 4 amide bonds. The molecule has 17 heteroatoms. The average Bonchev–Trinajstić information content (AvgIpc) is 4.06. The number of hydrogen-bond acceptors (Lipinski definition) is 13. The molecule has 4 bridgehead atoms. The van der Waals surface area contributed by atoms with E-state index in [4.69, 9.17) is 32.4 Å². The van der Waals surface area contributed by atoms with Crippen molar-refractivity contribution < 1.29 is 38.2 Å². The van der Waals surface area contributed by atoms with Crippen LogP contribution >= 0.6 is 0 Å². The Morgan fingerprint density at radius 2 is 1.13 bits per heavy atom. The first kappa shape index (κ1) is 48.2. The second kappa shape index (κ2) is 17.2. The molecule has 0 radical (unpaired) electrons. The van der Waals surface area contributed by atoms with Crippen molar-refractivity contribution in [2.75, 3.05) is 37.0 Å². The van der Waals surface area contributed by atoms with Crippen LogP contribution in [0.15, 0.2) is 91.1 Å². The van der Waals surface area contributed by atoms with Gasteiger partial charge in [0.15, 0.2) is 0 Å². The Kier molecular flexibility index (Phi) is 11.9. The summed E-state index contributed by atoms with van der Waals surface area (Å²) >= 11 is 0. The van der Waals surface area contributed by atoms with Crippen LogP contribution < -0.4 is 32.7 Å². The number of carbonyl (C=O) groups is 6. The van der Waals surface area contributed by atoms with E-state index >= 15 is 0 Å². The van der Waals surface area contributed by atoms with Crippen molar-refractivity contribution in [3.05, 3.63) is 113 Å². The molecule has 0 saturated carbocycles. The molecule has 368 valence electrons. The number of ether oxygens (including phenoxy) is 2. The molecule has 9 atom stereocenters. The number of esters is 2. The molecule has 7 aliphatic rings. The Hall–Kier alpha value is -6.85. The number of aromatic nitrogens is 1. The molecule has 3 aliphatic heterocycles. The number of nitrogens with zero attached hydrogens (tertiary/aromatic N) is 5. The summed E-state index contributed by atoms with van der Waals surface area (Å²) in [4.78, 5) is 97.1. The maximum absolute atomic E-state index is 15.0. The van der Waals surface area contributed by atoms with Crippen LogP contribution in [0.4, 0.5) is 21.1 Å². The lowest BCUT2D eigenvalue weighted by Crippen LogP contribution is -2.78. The van der Waals surface area contributed by atoms with Crippen LogP contribution in [0, 0.1) is 5.92 Å². The van der Waals surface area contributed by atoms with Gasteiger partial charge in [0.25, 0.3) is 11.8 Å². The van der Waals surface area contributed by atoms with E-state index in [2.05, 4.69) is 23.7 Å². The number of pyridine rings is 1. The van der Waals surface area contributed by atoms with Crippen LogP contribution in [0.25, 0.3) is 11.1 Å². The number of rotatable bonds is 13. The fourth-order valence-electron chi connectivity index (χ4n) is 14.0. The fraction of sp³-hybridized carbons (Fsp3) is 0.453. The Morgan fingerprint density at radius 1 is 0.643 bits per heavy atom. The van der Waals surface area contributed by atoms with Crippen molar-refractivity contribution in [3.63, 3.8) is 0 Å².